The number of aliphatic hydroxyl groups is 11. The molecule has 3 heterocycles. The number of carbonyl (C=O) groups excluding carboxylic acids is 1. The van der Waals surface area contributed by atoms with E-state index in [9.17, 15) is 61.0 Å². The van der Waals surface area contributed by atoms with Gasteiger partial charge in [0.2, 0.25) is 5.91 Å². The molecule has 3 saturated heterocycles. The van der Waals surface area contributed by atoms with Gasteiger partial charge in [0.1, 0.15) is 73.2 Å². The topological polar surface area (TPSA) is 307 Å². The molecule has 0 radical (unpaired) electrons. The third kappa shape index (κ3) is 32.0. The van der Waals surface area contributed by atoms with Gasteiger partial charge in [0.05, 0.1) is 38.6 Å². The van der Waals surface area contributed by atoms with Crippen LogP contribution in [0.25, 0.3) is 0 Å². The molecular weight excluding hydrogens is 1110 g/mol. The molecule has 506 valence electrons. The predicted molar refractivity (Wildman–Crippen MR) is 333 cm³/mol. The SMILES string of the molecule is CCCC/C=C/CC/C=C/C(O)C(COC1OC(CO)C(OC2OC(CO)C(OC3OC(CO)C(O)C(O)C3O)C(O)C2O)C(O)C1O)NC(=O)CCCCCCCCCCCCCCCCCCCCCCCCCCCCCCCCCCC. The molecule has 12 N–H and O–H groups in total. The van der Waals surface area contributed by atoms with Crippen LogP contribution in [-0.4, -0.2) is 193 Å². The number of allylic oxidation sites excluding steroid dienone is 3. The largest absolute Gasteiger partial charge is 0.394 e. The Labute approximate surface area is 518 Å². The molecule has 86 heavy (non-hydrogen) atoms. The van der Waals surface area contributed by atoms with Crippen LogP contribution < -0.4 is 5.32 Å². The Morgan fingerprint density at radius 1 is 0.407 bits per heavy atom. The third-order valence-corrected chi connectivity index (χ3v) is 17.5. The van der Waals surface area contributed by atoms with Gasteiger partial charge >= 0.3 is 0 Å². The Hall–Kier alpha value is -1.73. The van der Waals surface area contributed by atoms with Crippen molar-refractivity contribution in [3.05, 3.63) is 24.3 Å². The number of carbonyl (C=O) groups is 1. The van der Waals surface area contributed by atoms with E-state index in [-0.39, 0.29) is 18.9 Å². The van der Waals surface area contributed by atoms with Crippen molar-refractivity contribution in [1.82, 2.24) is 5.32 Å². The Balaban J connectivity index is 1.30. The molecule has 0 saturated carbocycles. The number of aliphatic hydroxyl groups excluding tert-OH is 11. The number of amides is 1. The summed E-state index contributed by atoms with van der Waals surface area (Å²) in [5, 5.41) is 120. The Morgan fingerprint density at radius 2 is 0.744 bits per heavy atom. The number of nitrogens with one attached hydrogen (secondary N) is 1. The first-order valence-corrected chi connectivity index (χ1v) is 34.6. The van der Waals surface area contributed by atoms with E-state index in [1.54, 1.807) is 6.08 Å². The van der Waals surface area contributed by atoms with Crippen molar-refractivity contribution in [2.45, 2.75) is 369 Å². The highest BCUT2D eigenvalue weighted by molar-refractivity contribution is 5.76. The molecule has 0 bridgehead atoms. The zero-order valence-corrected chi connectivity index (χ0v) is 53.3. The van der Waals surface area contributed by atoms with Gasteiger partial charge in [-0.1, -0.05) is 256 Å². The highest BCUT2D eigenvalue weighted by atomic mass is 16.8. The highest BCUT2D eigenvalue weighted by Gasteiger charge is 2.53. The second-order valence-corrected chi connectivity index (χ2v) is 25.0. The van der Waals surface area contributed by atoms with Gasteiger partial charge in [0.15, 0.2) is 18.9 Å². The molecule has 0 aromatic carbocycles. The second kappa shape index (κ2) is 49.9. The van der Waals surface area contributed by atoms with Crippen molar-refractivity contribution in [1.29, 1.82) is 0 Å². The van der Waals surface area contributed by atoms with Crippen LogP contribution in [0, 0.1) is 0 Å². The van der Waals surface area contributed by atoms with E-state index in [1.807, 2.05) is 6.08 Å². The monoisotopic (exact) mass is 1230 g/mol. The summed E-state index contributed by atoms with van der Waals surface area (Å²) < 4.78 is 34.2. The van der Waals surface area contributed by atoms with Crippen LogP contribution in [0.3, 0.4) is 0 Å². The van der Waals surface area contributed by atoms with Crippen LogP contribution in [0.1, 0.15) is 264 Å². The number of rotatable bonds is 53. The van der Waals surface area contributed by atoms with Gasteiger partial charge in [-0.05, 0) is 25.7 Å². The van der Waals surface area contributed by atoms with Crippen molar-refractivity contribution in [2.75, 3.05) is 26.4 Å². The number of hydrogen-bond donors (Lipinski definition) is 12. The maximum absolute atomic E-state index is 13.3. The lowest BCUT2D eigenvalue weighted by atomic mass is 9.96. The predicted octanol–water partition coefficient (Wildman–Crippen LogP) is 8.66. The van der Waals surface area contributed by atoms with Crippen LogP contribution in [0.4, 0.5) is 0 Å². The van der Waals surface area contributed by atoms with Gasteiger partial charge in [-0.2, -0.15) is 0 Å². The van der Waals surface area contributed by atoms with E-state index in [0.717, 1.165) is 44.9 Å². The van der Waals surface area contributed by atoms with E-state index < -0.39 is 124 Å². The minimum atomic E-state index is -1.98. The molecule has 0 aliphatic carbocycles. The molecule has 3 rings (SSSR count). The van der Waals surface area contributed by atoms with Crippen LogP contribution in [-0.2, 0) is 33.2 Å². The van der Waals surface area contributed by atoms with Crippen LogP contribution in [0.2, 0.25) is 0 Å². The van der Waals surface area contributed by atoms with E-state index in [4.69, 9.17) is 28.4 Å². The molecule has 17 atom stereocenters. The fraction of sp³-hybridized carbons (Fsp3) is 0.925. The van der Waals surface area contributed by atoms with E-state index >= 15 is 0 Å². The summed E-state index contributed by atoms with van der Waals surface area (Å²) in [4.78, 5) is 13.3. The van der Waals surface area contributed by atoms with Gasteiger partial charge in [-0.25, -0.2) is 0 Å². The summed E-state index contributed by atoms with van der Waals surface area (Å²) in [6, 6.07) is -0.984. The van der Waals surface area contributed by atoms with Gasteiger partial charge < -0.3 is 89.9 Å². The molecule has 3 aliphatic rings. The zero-order valence-electron chi connectivity index (χ0n) is 53.3. The molecule has 0 aromatic heterocycles. The quantitative estimate of drug-likeness (QED) is 0.0200. The zero-order chi connectivity index (χ0) is 62.6. The molecular formula is C67H125NO18. The first kappa shape index (κ1) is 78.5. The maximum atomic E-state index is 13.3. The lowest BCUT2D eigenvalue weighted by molar-refractivity contribution is -0.379. The van der Waals surface area contributed by atoms with Crippen molar-refractivity contribution in [2.24, 2.45) is 0 Å². The molecule has 3 fully saturated rings. The standard InChI is InChI=1S/C67H125NO18/c1-3-5-7-9-11-13-14-15-16-17-18-19-20-21-22-23-24-25-26-27-28-29-30-31-32-33-34-35-36-37-39-41-43-45-55(73)68-50(51(72)44-42-40-38-12-10-8-6-4-2)49-81-65-61(79)58(76)63(53(47-70)83-65)86-67-62(80)59(77)64(54(48-71)84-67)85-66-60(78)57(75)56(74)52(46-69)82-66/h10,12,42,44,50-54,56-67,69-72,74-80H,3-9,11,13-41,43,45-49H2,1-2H3,(H,68,73)/b12-10+,44-42+. The smallest absolute Gasteiger partial charge is 0.220 e. The number of unbranched alkanes of at least 4 members (excludes halogenated alkanes) is 35. The van der Waals surface area contributed by atoms with E-state index in [2.05, 4.69) is 31.3 Å². The number of ether oxygens (including phenoxy) is 6. The molecule has 19 nitrogen and oxygen atoms in total. The Bertz CT molecular complexity index is 1660. The Morgan fingerprint density at radius 3 is 1.15 bits per heavy atom. The van der Waals surface area contributed by atoms with E-state index in [1.165, 1.54) is 186 Å². The van der Waals surface area contributed by atoms with Gasteiger partial charge in [0.25, 0.3) is 0 Å². The van der Waals surface area contributed by atoms with Crippen molar-refractivity contribution < 1.29 is 89.4 Å². The summed E-state index contributed by atoms with van der Waals surface area (Å²) in [6.07, 6.45) is 29.6. The lowest BCUT2D eigenvalue weighted by Crippen LogP contribution is -2.66. The fourth-order valence-electron chi connectivity index (χ4n) is 11.8. The van der Waals surface area contributed by atoms with Crippen molar-refractivity contribution in [3.63, 3.8) is 0 Å². The highest BCUT2D eigenvalue weighted by Crippen LogP contribution is 2.33. The molecule has 3 aliphatic heterocycles. The van der Waals surface area contributed by atoms with Crippen LogP contribution in [0.15, 0.2) is 24.3 Å². The van der Waals surface area contributed by atoms with Crippen molar-refractivity contribution in [3.8, 4) is 0 Å². The Kier molecular flexibility index (Phi) is 45.6. The van der Waals surface area contributed by atoms with Crippen LogP contribution in [0.5, 0.6) is 0 Å². The van der Waals surface area contributed by atoms with E-state index in [0.29, 0.717) is 12.8 Å². The summed E-state index contributed by atoms with van der Waals surface area (Å²) in [6.45, 7) is 1.64. The minimum Gasteiger partial charge on any atom is -0.394 e. The summed E-state index contributed by atoms with van der Waals surface area (Å²) in [5.74, 6) is -0.285. The first-order valence-electron chi connectivity index (χ1n) is 34.6. The average Bonchev–Trinajstić information content (AvgIpc) is 1.41. The fourth-order valence-corrected chi connectivity index (χ4v) is 11.8. The third-order valence-electron chi connectivity index (χ3n) is 17.5. The minimum absolute atomic E-state index is 0.240. The average molecular weight is 1230 g/mol. The van der Waals surface area contributed by atoms with Gasteiger partial charge in [0, 0.05) is 6.42 Å². The summed E-state index contributed by atoms with van der Waals surface area (Å²) in [7, 11) is 0. The summed E-state index contributed by atoms with van der Waals surface area (Å²) in [5.41, 5.74) is 0. The second-order valence-electron chi connectivity index (χ2n) is 25.0. The molecule has 0 spiro atoms. The van der Waals surface area contributed by atoms with Gasteiger partial charge in [-0.3, -0.25) is 4.79 Å². The molecule has 19 heteroatoms. The molecule has 0 aromatic rings. The van der Waals surface area contributed by atoms with Crippen LogP contribution >= 0.6 is 0 Å². The maximum Gasteiger partial charge on any atom is 0.220 e. The molecule has 17 unspecified atom stereocenters. The number of hydrogen-bond acceptors (Lipinski definition) is 18. The first-order chi connectivity index (χ1) is 41.8. The van der Waals surface area contributed by atoms with Gasteiger partial charge in [-0.15, -0.1) is 0 Å². The normalized spacial score (nSPS) is 28.9. The lowest BCUT2D eigenvalue weighted by Gasteiger charge is -2.48. The van der Waals surface area contributed by atoms with Crippen molar-refractivity contribution >= 4 is 5.91 Å². The molecule has 1 amide bonds. The summed E-state index contributed by atoms with van der Waals surface area (Å²) >= 11 is 0.